The van der Waals surface area contributed by atoms with Crippen LogP contribution in [0.1, 0.15) is 0 Å². The fraction of sp³-hybridized carbons (Fsp3) is 0.417. The summed E-state index contributed by atoms with van der Waals surface area (Å²) in [5.41, 5.74) is 0.310. The Morgan fingerprint density at radius 3 is 2.70 bits per heavy atom. The zero-order chi connectivity index (χ0) is 15.1. The summed E-state index contributed by atoms with van der Waals surface area (Å²) < 4.78 is 24.6. The van der Waals surface area contributed by atoms with Crippen molar-refractivity contribution in [2.75, 3.05) is 31.6 Å². The average molecular weight is 327 g/mol. The second-order valence-electron chi connectivity index (χ2n) is 4.00. The number of rotatable bonds is 7. The van der Waals surface area contributed by atoms with Gasteiger partial charge in [0.05, 0.1) is 35.4 Å². The van der Waals surface area contributed by atoms with Gasteiger partial charge in [0.2, 0.25) is 5.91 Å². The second kappa shape index (κ2) is 8.36. The number of amides is 1. The van der Waals surface area contributed by atoms with Crippen LogP contribution in [0.4, 0.5) is 14.5 Å². The van der Waals surface area contributed by atoms with E-state index in [4.69, 9.17) is 28.3 Å². The summed E-state index contributed by atoms with van der Waals surface area (Å²) >= 11 is 11.7. The maximum absolute atomic E-state index is 12.3. The van der Waals surface area contributed by atoms with Crippen LogP contribution >= 0.6 is 23.2 Å². The fourth-order valence-corrected chi connectivity index (χ4v) is 1.91. The van der Waals surface area contributed by atoms with E-state index in [1.165, 1.54) is 0 Å². The number of nitrogens with zero attached hydrogens (tertiary/aromatic N) is 1. The Morgan fingerprint density at radius 2 is 2.10 bits per heavy atom. The highest BCUT2D eigenvalue weighted by Gasteiger charge is 2.16. The molecule has 4 nitrogen and oxygen atoms in total. The van der Waals surface area contributed by atoms with E-state index in [1.807, 2.05) is 0 Å². The molecule has 0 unspecified atom stereocenters. The number of alkyl halides is 2. The molecule has 0 aliphatic rings. The van der Waals surface area contributed by atoms with E-state index in [2.05, 4.69) is 5.32 Å². The number of hydrogen-bond acceptors (Lipinski definition) is 3. The molecule has 20 heavy (non-hydrogen) atoms. The highest BCUT2D eigenvalue weighted by molar-refractivity contribution is 6.43. The Labute approximate surface area is 125 Å². The highest BCUT2D eigenvalue weighted by Crippen LogP contribution is 2.29. The minimum atomic E-state index is -2.58. The summed E-state index contributed by atoms with van der Waals surface area (Å²) in [7, 11) is 0. The lowest BCUT2D eigenvalue weighted by Crippen LogP contribution is -2.38. The molecule has 1 rings (SSSR count). The number of halogens is 4. The Morgan fingerprint density at radius 1 is 1.40 bits per heavy atom. The van der Waals surface area contributed by atoms with Gasteiger partial charge in [-0.05, 0) is 12.1 Å². The smallest absolute Gasteiger partial charge is 0.251 e. The topological polar surface area (TPSA) is 52.6 Å². The third kappa shape index (κ3) is 5.58. The van der Waals surface area contributed by atoms with Crippen LogP contribution < -0.4 is 5.32 Å². The molecule has 0 spiro atoms. The monoisotopic (exact) mass is 326 g/mol. The van der Waals surface area contributed by atoms with Gasteiger partial charge in [0, 0.05) is 6.54 Å². The van der Waals surface area contributed by atoms with Crippen molar-refractivity contribution in [1.29, 1.82) is 0 Å². The maximum atomic E-state index is 12.3. The largest absolute Gasteiger partial charge is 0.395 e. The van der Waals surface area contributed by atoms with E-state index in [-0.39, 0.29) is 29.7 Å². The van der Waals surface area contributed by atoms with Gasteiger partial charge in [0.25, 0.3) is 6.43 Å². The molecular formula is C12H14Cl2F2N2O2. The van der Waals surface area contributed by atoms with Crippen LogP contribution in [-0.2, 0) is 4.79 Å². The molecule has 0 aliphatic heterocycles. The van der Waals surface area contributed by atoms with Crippen LogP contribution in [0.15, 0.2) is 18.2 Å². The molecule has 112 valence electrons. The summed E-state index contributed by atoms with van der Waals surface area (Å²) in [6.45, 7) is -1.18. The van der Waals surface area contributed by atoms with Gasteiger partial charge >= 0.3 is 0 Å². The first kappa shape index (κ1) is 17.1. The third-order valence-corrected chi connectivity index (χ3v) is 3.22. The summed E-state index contributed by atoms with van der Waals surface area (Å²) in [5, 5.41) is 11.7. The number of aliphatic hydroxyl groups excluding tert-OH is 1. The quantitative estimate of drug-likeness (QED) is 0.809. The summed E-state index contributed by atoms with van der Waals surface area (Å²) in [5.74, 6) is -0.511. The first-order valence-corrected chi connectivity index (χ1v) is 6.55. The zero-order valence-corrected chi connectivity index (χ0v) is 12.0. The number of hydrogen-bond donors (Lipinski definition) is 2. The molecule has 1 aromatic carbocycles. The van der Waals surface area contributed by atoms with Gasteiger partial charge in [-0.25, -0.2) is 8.78 Å². The number of nitrogens with one attached hydrogen (secondary N) is 1. The van der Waals surface area contributed by atoms with Crippen molar-refractivity contribution in [3.8, 4) is 0 Å². The Kier molecular flexibility index (Phi) is 7.15. The van der Waals surface area contributed by atoms with Crippen molar-refractivity contribution >= 4 is 34.8 Å². The molecule has 0 bridgehead atoms. The molecule has 2 N–H and O–H groups in total. The van der Waals surface area contributed by atoms with Crippen molar-refractivity contribution < 1.29 is 18.7 Å². The predicted molar refractivity (Wildman–Crippen MR) is 74.6 cm³/mol. The van der Waals surface area contributed by atoms with E-state index < -0.39 is 18.9 Å². The SMILES string of the molecule is O=C(CN(CCO)CC(F)F)Nc1cccc(Cl)c1Cl. The molecule has 0 aromatic heterocycles. The Bertz CT molecular complexity index is 461. The summed E-state index contributed by atoms with van der Waals surface area (Å²) in [6.07, 6.45) is -2.58. The molecule has 1 aromatic rings. The molecule has 0 fully saturated rings. The first-order chi connectivity index (χ1) is 9.43. The molecule has 0 saturated carbocycles. The van der Waals surface area contributed by atoms with Gasteiger partial charge in [-0.1, -0.05) is 29.3 Å². The highest BCUT2D eigenvalue weighted by atomic mass is 35.5. The number of carbonyl (C=O) groups is 1. The van der Waals surface area contributed by atoms with Crippen molar-refractivity contribution in [3.63, 3.8) is 0 Å². The van der Waals surface area contributed by atoms with Gasteiger partial charge in [0.15, 0.2) is 0 Å². The van der Waals surface area contributed by atoms with Crippen LogP contribution in [-0.4, -0.2) is 48.6 Å². The van der Waals surface area contributed by atoms with Gasteiger partial charge in [-0.3, -0.25) is 9.69 Å². The van der Waals surface area contributed by atoms with Crippen molar-refractivity contribution in [2.24, 2.45) is 0 Å². The van der Waals surface area contributed by atoms with Crippen molar-refractivity contribution in [3.05, 3.63) is 28.2 Å². The lowest BCUT2D eigenvalue weighted by Gasteiger charge is -2.20. The lowest BCUT2D eigenvalue weighted by molar-refractivity contribution is -0.117. The molecule has 0 atom stereocenters. The average Bonchev–Trinajstić information content (AvgIpc) is 2.34. The minimum Gasteiger partial charge on any atom is -0.395 e. The van der Waals surface area contributed by atoms with Crippen molar-refractivity contribution in [1.82, 2.24) is 4.90 Å². The molecule has 0 aliphatic carbocycles. The standard InChI is InChI=1S/C12H14Cl2F2N2O2/c13-8-2-1-3-9(12(8)14)17-11(20)7-18(4-5-19)6-10(15)16/h1-3,10,19H,4-7H2,(H,17,20). The predicted octanol–water partition coefficient (Wildman–Crippen LogP) is 2.49. The Hall–Kier alpha value is -0.950. The van der Waals surface area contributed by atoms with E-state index in [0.717, 1.165) is 4.90 Å². The Balaban J connectivity index is 2.63. The fourth-order valence-electron chi connectivity index (χ4n) is 1.56. The van der Waals surface area contributed by atoms with Crippen molar-refractivity contribution in [2.45, 2.75) is 6.43 Å². The number of carbonyl (C=O) groups excluding carboxylic acids is 1. The maximum Gasteiger partial charge on any atom is 0.251 e. The molecule has 0 saturated heterocycles. The number of anilines is 1. The van der Waals surface area contributed by atoms with Crippen LogP contribution in [0.25, 0.3) is 0 Å². The molecule has 0 radical (unpaired) electrons. The summed E-state index contributed by atoms with van der Waals surface area (Å²) in [4.78, 5) is 12.9. The number of aliphatic hydroxyl groups is 1. The molecule has 1 amide bonds. The lowest BCUT2D eigenvalue weighted by atomic mass is 10.3. The first-order valence-electron chi connectivity index (χ1n) is 5.79. The van der Waals surface area contributed by atoms with Crippen LogP contribution in [0.3, 0.4) is 0 Å². The van der Waals surface area contributed by atoms with E-state index >= 15 is 0 Å². The van der Waals surface area contributed by atoms with Crippen LogP contribution in [0.5, 0.6) is 0 Å². The molecule has 0 heterocycles. The van der Waals surface area contributed by atoms with Gasteiger partial charge in [-0.2, -0.15) is 0 Å². The number of benzene rings is 1. The van der Waals surface area contributed by atoms with E-state index in [9.17, 15) is 13.6 Å². The summed E-state index contributed by atoms with van der Waals surface area (Å²) in [6, 6.07) is 4.72. The van der Waals surface area contributed by atoms with E-state index in [1.54, 1.807) is 18.2 Å². The van der Waals surface area contributed by atoms with Gasteiger partial charge < -0.3 is 10.4 Å². The second-order valence-corrected chi connectivity index (χ2v) is 4.78. The molecular weight excluding hydrogens is 313 g/mol. The van der Waals surface area contributed by atoms with E-state index in [0.29, 0.717) is 5.69 Å². The zero-order valence-electron chi connectivity index (χ0n) is 10.5. The van der Waals surface area contributed by atoms with Gasteiger partial charge in [0.1, 0.15) is 0 Å². The third-order valence-electron chi connectivity index (χ3n) is 2.41. The molecule has 8 heteroatoms. The van der Waals surface area contributed by atoms with Crippen LogP contribution in [0, 0.1) is 0 Å². The van der Waals surface area contributed by atoms with Gasteiger partial charge in [-0.15, -0.1) is 0 Å². The van der Waals surface area contributed by atoms with Crippen LogP contribution in [0.2, 0.25) is 10.0 Å². The minimum absolute atomic E-state index is 0.0129. The normalized spacial score (nSPS) is 11.2.